The molecule has 7 nitrogen and oxygen atoms in total. The summed E-state index contributed by atoms with van der Waals surface area (Å²) in [6.45, 7) is 14.8. The lowest BCUT2D eigenvalue weighted by Gasteiger charge is -2.47. The number of amides is 1. The highest BCUT2D eigenvalue weighted by Crippen LogP contribution is 2.50. The molecule has 7 heteroatoms. The Bertz CT molecular complexity index is 1130. The molecule has 212 valence electrons. The molecule has 1 spiro atoms. The molecule has 4 rings (SSSR count). The van der Waals surface area contributed by atoms with E-state index < -0.39 is 11.6 Å². The van der Waals surface area contributed by atoms with Crippen LogP contribution in [-0.2, 0) is 4.79 Å². The zero-order valence-electron chi connectivity index (χ0n) is 24.7. The highest BCUT2D eigenvalue weighted by Gasteiger charge is 2.53. The van der Waals surface area contributed by atoms with Crippen LogP contribution in [0.5, 0.6) is 0 Å². The highest BCUT2D eigenvalue weighted by molar-refractivity contribution is 6.39. The average Bonchev–Trinajstić information content (AvgIpc) is 3.15. The third-order valence-electron chi connectivity index (χ3n) is 9.11. The van der Waals surface area contributed by atoms with Crippen LogP contribution < -0.4 is 0 Å². The van der Waals surface area contributed by atoms with Crippen molar-refractivity contribution in [3.8, 4) is 6.07 Å². The summed E-state index contributed by atoms with van der Waals surface area (Å²) in [5.41, 5.74) is 0.874. The predicted octanol–water partition coefficient (Wildman–Crippen LogP) is 6.66. The van der Waals surface area contributed by atoms with Gasteiger partial charge in [-0.1, -0.05) is 53.7 Å². The summed E-state index contributed by atoms with van der Waals surface area (Å²) < 4.78 is 0. The Morgan fingerprint density at radius 1 is 1.13 bits per heavy atom. The maximum absolute atomic E-state index is 14.4. The van der Waals surface area contributed by atoms with Crippen molar-refractivity contribution in [2.75, 3.05) is 13.1 Å². The second-order valence-electron chi connectivity index (χ2n) is 14.2. The zero-order valence-corrected chi connectivity index (χ0v) is 24.7. The van der Waals surface area contributed by atoms with Crippen molar-refractivity contribution in [2.45, 2.75) is 105 Å². The molecule has 1 saturated heterocycles. The molecule has 1 amide bonds. The SMILES string of the molecule is CC(C)(C)CCC(c1ccc(C(=O)O)cc1)N1C(=O)C(N2CCCC(C#N)C2)=NC12CCC(C(C)(C)C)CC2. The predicted molar refractivity (Wildman–Crippen MR) is 153 cm³/mol. The van der Waals surface area contributed by atoms with Crippen LogP contribution in [0.25, 0.3) is 0 Å². The van der Waals surface area contributed by atoms with Crippen LogP contribution in [0.2, 0.25) is 0 Å². The number of carbonyl (C=O) groups is 2. The van der Waals surface area contributed by atoms with Gasteiger partial charge in [-0.2, -0.15) is 5.26 Å². The number of nitriles is 1. The molecule has 1 aromatic rings. The van der Waals surface area contributed by atoms with Crippen LogP contribution in [0, 0.1) is 34.0 Å². The second kappa shape index (κ2) is 10.9. The first-order chi connectivity index (χ1) is 18.2. The standard InChI is InChI=1S/C32H46N4O3/c1-30(2,3)16-15-26(23-9-11-24(12-10-23)29(38)39)36-28(37)27(35-19-7-8-22(20-33)21-35)34-32(36)17-13-25(14-18-32)31(4,5)6/h9-12,22,25-26H,7-8,13-19,21H2,1-6H3,(H,38,39). The minimum absolute atomic E-state index is 0.0379. The van der Waals surface area contributed by atoms with E-state index in [4.69, 9.17) is 4.99 Å². The number of nitrogens with zero attached hydrogens (tertiary/aromatic N) is 4. The lowest BCUT2D eigenvalue weighted by molar-refractivity contribution is -0.134. The molecule has 2 heterocycles. The van der Waals surface area contributed by atoms with E-state index in [0.29, 0.717) is 18.3 Å². The van der Waals surface area contributed by atoms with Gasteiger partial charge >= 0.3 is 5.97 Å². The molecule has 1 saturated carbocycles. The van der Waals surface area contributed by atoms with E-state index in [-0.39, 0.29) is 34.3 Å². The fourth-order valence-corrected chi connectivity index (χ4v) is 6.67. The summed E-state index contributed by atoms with van der Waals surface area (Å²) in [5.74, 6) is 0.0113. The highest BCUT2D eigenvalue weighted by atomic mass is 16.4. The van der Waals surface area contributed by atoms with Crippen LogP contribution in [0.4, 0.5) is 0 Å². The third kappa shape index (κ3) is 6.31. The lowest BCUT2D eigenvalue weighted by Crippen LogP contribution is -2.52. The Morgan fingerprint density at radius 2 is 1.77 bits per heavy atom. The Labute approximate surface area is 234 Å². The number of aliphatic imine (C=N–C) groups is 1. The Balaban J connectivity index is 1.75. The lowest BCUT2D eigenvalue weighted by atomic mass is 9.69. The number of carbonyl (C=O) groups excluding carboxylic acids is 1. The minimum Gasteiger partial charge on any atom is -0.478 e. The maximum Gasteiger partial charge on any atom is 0.335 e. The molecule has 1 N–H and O–H groups in total. The molecule has 1 aliphatic carbocycles. The van der Waals surface area contributed by atoms with E-state index in [9.17, 15) is 20.0 Å². The topological polar surface area (TPSA) is 97.0 Å². The number of hydrogen-bond donors (Lipinski definition) is 1. The number of carboxylic acids is 1. The summed E-state index contributed by atoms with van der Waals surface area (Å²) >= 11 is 0. The molecule has 39 heavy (non-hydrogen) atoms. The fourth-order valence-electron chi connectivity index (χ4n) is 6.67. The number of aromatic carboxylic acids is 1. The first-order valence-electron chi connectivity index (χ1n) is 14.7. The molecule has 3 aliphatic rings. The second-order valence-corrected chi connectivity index (χ2v) is 14.2. The van der Waals surface area contributed by atoms with Crippen LogP contribution in [0.15, 0.2) is 29.3 Å². The molecule has 1 aromatic carbocycles. The van der Waals surface area contributed by atoms with Crippen LogP contribution in [0.1, 0.15) is 115 Å². The van der Waals surface area contributed by atoms with Crippen LogP contribution in [0.3, 0.4) is 0 Å². The van der Waals surface area contributed by atoms with Crippen molar-refractivity contribution in [1.82, 2.24) is 9.80 Å². The molecular weight excluding hydrogens is 488 g/mol. The quantitative estimate of drug-likeness (QED) is 0.455. The maximum atomic E-state index is 14.4. The summed E-state index contributed by atoms with van der Waals surface area (Å²) in [5, 5.41) is 19.1. The molecule has 2 atom stereocenters. The Hall–Kier alpha value is -2.88. The smallest absolute Gasteiger partial charge is 0.335 e. The number of benzene rings is 1. The monoisotopic (exact) mass is 534 g/mol. The number of piperidine rings is 1. The van der Waals surface area contributed by atoms with E-state index in [1.165, 1.54) is 0 Å². The summed E-state index contributed by atoms with van der Waals surface area (Å²) in [7, 11) is 0. The van der Waals surface area contributed by atoms with E-state index in [1.807, 2.05) is 12.1 Å². The van der Waals surface area contributed by atoms with Crippen molar-refractivity contribution in [3.63, 3.8) is 0 Å². The molecule has 2 unspecified atom stereocenters. The molecule has 0 radical (unpaired) electrons. The molecule has 0 aromatic heterocycles. The van der Waals surface area contributed by atoms with Gasteiger partial charge in [0.2, 0.25) is 0 Å². The fraction of sp³-hybridized carbons (Fsp3) is 0.688. The Kier molecular flexibility index (Phi) is 8.17. The van der Waals surface area contributed by atoms with Crippen LogP contribution in [-0.4, -0.2) is 51.4 Å². The first kappa shape index (κ1) is 29.1. The van der Waals surface area contributed by atoms with Gasteiger partial charge in [0.15, 0.2) is 5.84 Å². The van der Waals surface area contributed by atoms with Gasteiger partial charge in [-0.05, 0) is 85.8 Å². The normalized spacial score (nSPS) is 26.9. The Morgan fingerprint density at radius 3 is 2.31 bits per heavy atom. The number of hydrogen-bond acceptors (Lipinski definition) is 5. The number of rotatable bonds is 5. The summed E-state index contributed by atoms with van der Waals surface area (Å²) in [6, 6.07) is 9.25. The van der Waals surface area contributed by atoms with E-state index in [1.54, 1.807) is 12.1 Å². The van der Waals surface area contributed by atoms with Gasteiger partial charge < -0.3 is 14.9 Å². The average molecular weight is 535 g/mol. The molecule has 2 fully saturated rings. The van der Waals surface area contributed by atoms with Crippen LogP contribution >= 0.6 is 0 Å². The van der Waals surface area contributed by atoms with E-state index >= 15 is 0 Å². The molecule has 2 aliphatic heterocycles. The number of likely N-dealkylation sites (tertiary alicyclic amines) is 1. The van der Waals surface area contributed by atoms with Gasteiger partial charge in [-0.15, -0.1) is 0 Å². The molecule has 0 bridgehead atoms. The van der Waals surface area contributed by atoms with E-state index in [2.05, 4.69) is 57.4 Å². The third-order valence-corrected chi connectivity index (χ3v) is 9.11. The summed E-state index contributed by atoms with van der Waals surface area (Å²) in [4.78, 5) is 35.4. The minimum atomic E-state index is -0.954. The van der Waals surface area contributed by atoms with Crippen molar-refractivity contribution in [3.05, 3.63) is 35.4 Å². The van der Waals surface area contributed by atoms with Crippen molar-refractivity contribution in [1.29, 1.82) is 5.26 Å². The van der Waals surface area contributed by atoms with E-state index in [0.717, 1.165) is 63.5 Å². The number of amidine groups is 1. The summed E-state index contributed by atoms with van der Waals surface area (Å²) in [6.07, 6.45) is 7.09. The van der Waals surface area contributed by atoms with Crippen molar-refractivity contribution >= 4 is 17.7 Å². The van der Waals surface area contributed by atoms with Gasteiger partial charge in [-0.3, -0.25) is 4.79 Å². The largest absolute Gasteiger partial charge is 0.478 e. The first-order valence-corrected chi connectivity index (χ1v) is 14.7. The molecular formula is C32H46N4O3. The van der Waals surface area contributed by atoms with Gasteiger partial charge in [0.25, 0.3) is 5.91 Å². The van der Waals surface area contributed by atoms with Gasteiger partial charge in [0.05, 0.1) is 23.6 Å². The van der Waals surface area contributed by atoms with Gasteiger partial charge in [-0.25, -0.2) is 9.79 Å². The zero-order chi connectivity index (χ0) is 28.6. The van der Waals surface area contributed by atoms with Gasteiger partial charge in [0.1, 0.15) is 5.66 Å². The number of carboxylic acid groups (broad SMARTS) is 1. The van der Waals surface area contributed by atoms with Gasteiger partial charge in [0, 0.05) is 13.1 Å². The van der Waals surface area contributed by atoms with Crippen molar-refractivity contribution in [2.24, 2.45) is 27.7 Å². The van der Waals surface area contributed by atoms with Crippen molar-refractivity contribution < 1.29 is 14.7 Å².